The standard InChI is InChI=1S/C9H10.C3H4O2/c1-2-6-9-7-4-3-5-8-9;1-2-3(4)5/h2-5,7-8H,1,6H2;2H,1H2,(H,4,5). The fraction of sp³-hybridized carbons (Fsp3) is 0.0833. The number of aliphatic carboxylic acids is 1. The molecule has 0 unspecified atom stereocenters. The molecule has 0 atom stereocenters. The van der Waals surface area contributed by atoms with Crippen molar-refractivity contribution in [3.8, 4) is 0 Å². The highest BCUT2D eigenvalue weighted by Crippen LogP contribution is 1.98. The first-order chi connectivity index (χ1) is 6.70. The van der Waals surface area contributed by atoms with E-state index in [2.05, 4.69) is 25.3 Å². The summed E-state index contributed by atoms with van der Waals surface area (Å²) in [5, 5.41) is 7.60. The lowest BCUT2D eigenvalue weighted by atomic mass is 10.2. The van der Waals surface area contributed by atoms with Gasteiger partial charge in [-0.25, -0.2) is 4.79 Å². The van der Waals surface area contributed by atoms with Crippen LogP contribution in [0.15, 0.2) is 55.6 Å². The Morgan fingerprint density at radius 2 is 1.79 bits per heavy atom. The molecule has 0 aliphatic carbocycles. The van der Waals surface area contributed by atoms with Gasteiger partial charge < -0.3 is 5.11 Å². The minimum Gasteiger partial charge on any atom is -0.478 e. The van der Waals surface area contributed by atoms with Gasteiger partial charge in [0.25, 0.3) is 0 Å². The highest BCUT2D eigenvalue weighted by Gasteiger charge is 1.82. The molecule has 0 amide bonds. The molecule has 0 aliphatic rings. The Morgan fingerprint density at radius 1 is 1.29 bits per heavy atom. The normalized spacial score (nSPS) is 8.00. The van der Waals surface area contributed by atoms with Gasteiger partial charge in [0, 0.05) is 6.08 Å². The number of allylic oxidation sites excluding steroid dienone is 1. The monoisotopic (exact) mass is 190 g/mol. The lowest BCUT2D eigenvalue weighted by Gasteiger charge is -1.91. The molecule has 0 bridgehead atoms. The Balaban J connectivity index is 0.000000292. The van der Waals surface area contributed by atoms with Crippen LogP contribution in [0.2, 0.25) is 0 Å². The summed E-state index contributed by atoms with van der Waals surface area (Å²) in [6, 6.07) is 10.3. The molecule has 1 aromatic rings. The summed E-state index contributed by atoms with van der Waals surface area (Å²) in [5.74, 6) is -0.981. The van der Waals surface area contributed by atoms with Crippen LogP contribution in [0.4, 0.5) is 0 Å². The molecule has 0 saturated heterocycles. The summed E-state index contributed by atoms with van der Waals surface area (Å²) < 4.78 is 0. The molecule has 0 radical (unpaired) electrons. The van der Waals surface area contributed by atoms with Crippen molar-refractivity contribution in [1.82, 2.24) is 0 Å². The largest absolute Gasteiger partial charge is 0.478 e. The molecule has 0 aliphatic heterocycles. The van der Waals surface area contributed by atoms with E-state index in [4.69, 9.17) is 5.11 Å². The van der Waals surface area contributed by atoms with E-state index in [1.165, 1.54) is 5.56 Å². The van der Waals surface area contributed by atoms with Gasteiger partial charge in [-0.3, -0.25) is 0 Å². The summed E-state index contributed by atoms with van der Waals surface area (Å²) in [6.45, 7) is 6.62. The van der Waals surface area contributed by atoms with Crippen molar-refractivity contribution < 1.29 is 9.90 Å². The maximum Gasteiger partial charge on any atom is 0.327 e. The van der Waals surface area contributed by atoms with E-state index >= 15 is 0 Å². The first-order valence-electron chi connectivity index (χ1n) is 4.21. The molecule has 14 heavy (non-hydrogen) atoms. The molecule has 0 spiro atoms. The SMILES string of the molecule is C=CC(=O)O.C=CCc1ccccc1. The smallest absolute Gasteiger partial charge is 0.327 e. The van der Waals surface area contributed by atoms with Crippen LogP contribution in [0.3, 0.4) is 0 Å². The second-order valence-corrected chi connectivity index (χ2v) is 2.52. The molecule has 2 nitrogen and oxygen atoms in total. The molecule has 0 fully saturated rings. The van der Waals surface area contributed by atoms with Crippen LogP contribution in [0.25, 0.3) is 0 Å². The average molecular weight is 190 g/mol. The predicted octanol–water partition coefficient (Wildman–Crippen LogP) is 2.67. The Kier molecular flexibility index (Phi) is 6.78. The molecular formula is C12H14O2. The molecular weight excluding hydrogens is 176 g/mol. The van der Waals surface area contributed by atoms with Gasteiger partial charge >= 0.3 is 5.97 Å². The third-order valence-corrected chi connectivity index (χ3v) is 1.40. The van der Waals surface area contributed by atoms with Crippen molar-refractivity contribution in [3.63, 3.8) is 0 Å². The first kappa shape index (κ1) is 12.2. The third kappa shape index (κ3) is 6.85. The van der Waals surface area contributed by atoms with E-state index in [0.717, 1.165) is 12.5 Å². The minimum atomic E-state index is -0.981. The number of carbonyl (C=O) groups is 1. The quantitative estimate of drug-likeness (QED) is 0.587. The molecule has 74 valence electrons. The van der Waals surface area contributed by atoms with Gasteiger partial charge in [0.1, 0.15) is 0 Å². The van der Waals surface area contributed by atoms with E-state index in [9.17, 15) is 4.79 Å². The van der Waals surface area contributed by atoms with E-state index in [1.54, 1.807) is 0 Å². The van der Waals surface area contributed by atoms with Gasteiger partial charge in [-0.2, -0.15) is 0 Å². The fourth-order valence-electron chi connectivity index (χ4n) is 0.781. The Labute approximate surface area is 84.2 Å². The van der Waals surface area contributed by atoms with Gasteiger partial charge in [-0.1, -0.05) is 43.0 Å². The maximum atomic E-state index is 9.25. The summed E-state index contributed by atoms with van der Waals surface area (Å²) in [4.78, 5) is 9.25. The highest BCUT2D eigenvalue weighted by atomic mass is 16.4. The van der Waals surface area contributed by atoms with Crippen molar-refractivity contribution in [2.24, 2.45) is 0 Å². The van der Waals surface area contributed by atoms with Gasteiger partial charge in [0.15, 0.2) is 0 Å². The number of rotatable bonds is 3. The van der Waals surface area contributed by atoms with Crippen LogP contribution in [-0.2, 0) is 11.2 Å². The average Bonchev–Trinajstić information content (AvgIpc) is 2.21. The van der Waals surface area contributed by atoms with E-state index in [1.807, 2.05) is 24.3 Å². The molecule has 1 N–H and O–H groups in total. The van der Waals surface area contributed by atoms with E-state index in [-0.39, 0.29) is 0 Å². The van der Waals surface area contributed by atoms with Gasteiger partial charge in [0.2, 0.25) is 0 Å². The zero-order valence-corrected chi connectivity index (χ0v) is 8.02. The number of carboxylic acids is 1. The molecule has 0 aromatic heterocycles. The van der Waals surface area contributed by atoms with Crippen LogP contribution in [0, 0.1) is 0 Å². The summed E-state index contributed by atoms with van der Waals surface area (Å²) in [5.41, 5.74) is 1.33. The molecule has 2 heteroatoms. The number of benzene rings is 1. The van der Waals surface area contributed by atoms with Crippen molar-refractivity contribution >= 4 is 5.97 Å². The molecule has 0 heterocycles. The highest BCUT2D eigenvalue weighted by molar-refractivity contribution is 5.78. The van der Waals surface area contributed by atoms with Gasteiger partial charge in [-0.15, -0.1) is 6.58 Å². The van der Waals surface area contributed by atoms with Gasteiger partial charge in [-0.05, 0) is 12.0 Å². The zero-order chi connectivity index (χ0) is 10.8. The van der Waals surface area contributed by atoms with Crippen LogP contribution >= 0.6 is 0 Å². The van der Waals surface area contributed by atoms with Crippen molar-refractivity contribution in [1.29, 1.82) is 0 Å². The Hall–Kier alpha value is -1.83. The lowest BCUT2D eigenvalue weighted by molar-refractivity contribution is -0.131. The summed E-state index contributed by atoms with van der Waals surface area (Å²) in [6.07, 6.45) is 3.72. The zero-order valence-electron chi connectivity index (χ0n) is 8.02. The van der Waals surface area contributed by atoms with Gasteiger partial charge in [0.05, 0.1) is 0 Å². The first-order valence-corrected chi connectivity index (χ1v) is 4.21. The third-order valence-electron chi connectivity index (χ3n) is 1.40. The minimum absolute atomic E-state index is 0.833. The van der Waals surface area contributed by atoms with E-state index in [0.29, 0.717) is 0 Å². The topological polar surface area (TPSA) is 37.3 Å². The number of carboxylic acid groups (broad SMARTS) is 1. The molecule has 0 saturated carbocycles. The maximum absolute atomic E-state index is 9.25. The van der Waals surface area contributed by atoms with Crippen LogP contribution < -0.4 is 0 Å². The summed E-state index contributed by atoms with van der Waals surface area (Å²) in [7, 11) is 0. The summed E-state index contributed by atoms with van der Waals surface area (Å²) >= 11 is 0. The number of hydrogen-bond donors (Lipinski definition) is 1. The Morgan fingerprint density at radius 3 is 2.14 bits per heavy atom. The van der Waals surface area contributed by atoms with Crippen LogP contribution in [0.5, 0.6) is 0 Å². The second-order valence-electron chi connectivity index (χ2n) is 2.52. The lowest BCUT2D eigenvalue weighted by Crippen LogP contribution is -1.82. The fourth-order valence-corrected chi connectivity index (χ4v) is 0.781. The molecule has 1 rings (SSSR count). The predicted molar refractivity (Wildman–Crippen MR) is 58.2 cm³/mol. The van der Waals surface area contributed by atoms with E-state index < -0.39 is 5.97 Å². The van der Waals surface area contributed by atoms with Crippen molar-refractivity contribution in [2.75, 3.05) is 0 Å². The van der Waals surface area contributed by atoms with Crippen LogP contribution in [0.1, 0.15) is 5.56 Å². The van der Waals surface area contributed by atoms with Crippen LogP contribution in [-0.4, -0.2) is 11.1 Å². The van der Waals surface area contributed by atoms with Crippen molar-refractivity contribution in [2.45, 2.75) is 6.42 Å². The van der Waals surface area contributed by atoms with Crippen molar-refractivity contribution in [3.05, 3.63) is 61.2 Å². The Bertz CT molecular complexity index is 288. The number of hydrogen-bond acceptors (Lipinski definition) is 1. The second kappa shape index (κ2) is 7.80. The molecule has 1 aromatic carbocycles.